The summed E-state index contributed by atoms with van der Waals surface area (Å²) in [5, 5.41) is 0. The first-order chi connectivity index (χ1) is 12.2. The van der Waals surface area contributed by atoms with E-state index in [4.69, 9.17) is 0 Å². The molecule has 0 atom stereocenters. The van der Waals surface area contributed by atoms with Gasteiger partial charge in [-0.15, -0.1) is 11.8 Å². The number of thioether (sulfide) groups is 1. The number of H-pyrrole nitrogens is 1. The molecule has 0 unspecified atom stereocenters. The van der Waals surface area contributed by atoms with Gasteiger partial charge >= 0.3 is 0 Å². The Morgan fingerprint density at radius 2 is 1.92 bits per heavy atom. The number of halogens is 2. The molecule has 0 fully saturated rings. The first-order valence-corrected chi connectivity index (χ1v) is 8.65. The fraction of sp³-hybridized carbons (Fsp3) is 0.0526. The summed E-state index contributed by atoms with van der Waals surface area (Å²) in [4.78, 5) is 13.1. The van der Waals surface area contributed by atoms with Crippen molar-refractivity contribution in [2.24, 2.45) is 0 Å². The molecule has 25 heavy (non-hydrogen) atoms. The number of aromatic amines is 1. The Labute approximate surface area is 147 Å². The van der Waals surface area contributed by atoms with Crippen molar-refractivity contribution in [2.75, 3.05) is 0 Å². The van der Waals surface area contributed by atoms with E-state index in [0.29, 0.717) is 17.1 Å². The number of fused-ring (bicyclic) bond motifs is 1. The lowest BCUT2D eigenvalue weighted by Gasteiger charge is -2.04. The van der Waals surface area contributed by atoms with Gasteiger partial charge in [-0.1, -0.05) is 12.1 Å². The molecule has 2 heterocycles. The third kappa shape index (κ3) is 3.39. The second-order valence-electron chi connectivity index (χ2n) is 5.50. The average molecular weight is 353 g/mol. The number of rotatable bonds is 4. The van der Waals surface area contributed by atoms with E-state index in [2.05, 4.69) is 15.0 Å². The monoisotopic (exact) mass is 353 g/mol. The van der Waals surface area contributed by atoms with Crippen LogP contribution in [0.4, 0.5) is 8.78 Å². The largest absolute Gasteiger partial charge is 0.337 e. The van der Waals surface area contributed by atoms with Crippen molar-refractivity contribution in [2.45, 2.75) is 10.6 Å². The fourth-order valence-electron chi connectivity index (χ4n) is 2.50. The van der Waals surface area contributed by atoms with Crippen LogP contribution in [0.3, 0.4) is 0 Å². The Morgan fingerprint density at radius 3 is 2.72 bits per heavy atom. The maximum Gasteiger partial charge on any atom is 0.157 e. The molecule has 0 spiro atoms. The van der Waals surface area contributed by atoms with Crippen LogP contribution in [0.25, 0.3) is 22.6 Å². The average Bonchev–Trinajstić information content (AvgIpc) is 3.05. The van der Waals surface area contributed by atoms with E-state index in [-0.39, 0.29) is 0 Å². The summed E-state index contributed by atoms with van der Waals surface area (Å²) in [5.41, 5.74) is 3.00. The highest BCUT2D eigenvalue weighted by atomic mass is 32.2. The Morgan fingerprint density at radius 1 is 1.00 bits per heavy atom. The number of nitrogens with zero attached hydrogens (tertiary/aromatic N) is 2. The van der Waals surface area contributed by atoms with Gasteiger partial charge in [0, 0.05) is 22.9 Å². The van der Waals surface area contributed by atoms with E-state index < -0.39 is 11.6 Å². The normalized spacial score (nSPS) is 11.1. The minimum Gasteiger partial charge on any atom is -0.337 e. The zero-order chi connectivity index (χ0) is 17.2. The van der Waals surface area contributed by atoms with Crippen LogP contribution in [0.1, 0.15) is 5.56 Å². The number of pyridine rings is 1. The van der Waals surface area contributed by atoms with Gasteiger partial charge in [0.25, 0.3) is 0 Å². The second kappa shape index (κ2) is 6.64. The van der Waals surface area contributed by atoms with Crippen LogP contribution in [-0.2, 0) is 5.75 Å². The van der Waals surface area contributed by atoms with E-state index in [1.165, 1.54) is 23.9 Å². The molecule has 3 nitrogen and oxygen atoms in total. The van der Waals surface area contributed by atoms with E-state index in [1.807, 2.05) is 36.4 Å². The van der Waals surface area contributed by atoms with Gasteiger partial charge in [-0.05, 0) is 42.0 Å². The Bertz CT molecular complexity index is 1030. The van der Waals surface area contributed by atoms with Gasteiger partial charge in [-0.3, -0.25) is 4.98 Å². The van der Waals surface area contributed by atoms with Crippen molar-refractivity contribution in [3.05, 3.63) is 78.0 Å². The molecule has 6 heteroatoms. The van der Waals surface area contributed by atoms with Crippen molar-refractivity contribution in [3.8, 4) is 11.5 Å². The van der Waals surface area contributed by atoms with E-state index in [9.17, 15) is 8.78 Å². The molecule has 0 aliphatic carbocycles. The molecule has 0 saturated heterocycles. The molecule has 0 amide bonds. The lowest BCUT2D eigenvalue weighted by molar-refractivity contribution is 0.576. The van der Waals surface area contributed by atoms with Crippen LogP contribution in [-0.4, -0.2) is 15.0 Å². The molecular formula is C19H13F2N3S. The van der Waals surface area contributed by atoms with Gasteiger partial charge in [-0.2, -0.15) is 0 Å². The maximum absolute atomic E-state index is 13.7. The summed E-state index contributed by atoms with van der Waals surface area (Å²) >= 11 is 1.49. The van der Waals surface area contributed by atoms with E-state index in [0.717, 1.165) is 27.7 Å². The standard InChI is InChI=1S/C19H13F2N3S/c20-13-5-4-12(15(21)9-13)11-25-14-6-7-16-18(10-14)24-19(23-16)17-3-1-2-8-22-17/h1-10H,11H2,(H,23,24). The SMILES string of the molecule is Fc1ccc(CSc2ccc3nc(-c4ccccn4)[nH]c3c2)c(F)c1. The third-order valence-corrected chi connectivity index (χ3v) is 4.81. The van der Waals surface area contributed by atoms with Crippen molar-refractivity contribution in [3.63, 3.8) is 0 Å². The molecule has 124 valence electrons. The van der Waals surface area contributed by atoms with Crippen molar-refractivity contribution in [1.29, 1.82) is 0 Å². The number of aromatic nitrogens is 3. The van der Waals surface area contributed by atoms with Gasteiger partial charge in [0.05, 0.1) is 11.0 Å². The lowest BCUT2D eigenvalue weighted by atomic mass is 10.2. The number of hydrogen-bond acceptors (Lipinski definition) is 3. The maximum atomic E-state index is 13.7. The number of benzene rings is 2. The molecular weight excluding hydrogens is 340 g/mol. The highest BCUT2D eigenvalue weighted by Gasteiger charge is 2.08. The first-order valence-electron chi connectivity index (χ1n) is 7.67. The van der Waals surface area contributed by atoms with Crippen LogP contribution in [0.5, 0.6) is 0 Å². The van der Waals surface area contributed by atoms with Crippen LogP contribution < -0.4 is 0 Å². The van der Waals surface area contributed by atoms with Crippen LogP contribution in [0.2, 0.25) is 0 Å². The molecule has 0 saturated carbocycles. The minimum atomic E-state index is -0.563. The summed E-state index contributed by atoms with van der Waals surface area (Å²) in [5.74, 6) is 0.0563. The fourth-order valence-corrected chi connectivity index (χ4v) is 3.42. The topological polar surface area (TPSA) is 41.6 Å². The predicted molar refractivity (Wildman–Crippen MR) is 95.2 cm³/mol. The van der Waals surface area contributed by atoms with E-state index in [1.54, 1.807) is 6.20 Å². The van der Waals surface area contributed by atoms with Gasteiger partial charge in [-0.25, -0.2) is 13.8 Å². The number of hydrogen-bond donors (Lipinski definition) is 1. The summed E-state index contributed by atoms with van der Waals surface area (Å²) in [6.07, 6.45) is 1.72. The van der Waals surface area contributed by atoms with Gasteiger partial charge in [0.2, 0.25) is 0 Å². The molecule has 1 N–H and O–H groups in total. The van der Waals surface area contributed by atoms with Crippen LogP contribution >= 0.6 is 11.8 Å². The summed E-state index contributed by atoms with van der Waals surface area (Å²) in [6, 6.07) is 15.2. The molecule has 2 aromatic carbocycles. The first kappa shape index (κ1) is 15.8. The lowest BCUT2D eigenvalue weighted by Crippen LogP contribution is -1.89. The quantitative estimate of drug-likeness (QED) is 0.513. The summed E-state index contributed by atoms with van der Waals surface area (Å²) in [7, 11) is 0. The van der Waals surface area contributed by atoms with Gasteiger partial charge in [0.1, 0.15) is 17.3 Å². The zero-order valence-electron chi connectivity index (χ0n) is 13.0. The minimum absolute atomic E-state index is 0.429. The van der Waals surface area contributed by atoms with Gasteiger partial charge < -0.3 is 4.98 Å². The smallest absolute Gasteiger partial charge is 0.157 e. The Kier molecular flexibility index (Phi) is 4.19. The zero-order valence-corrected chi connectivity index (χ0v) is 13.9. The molecule has 0 bridgehead atoms. The number of nitrogens with one attached hydrogen (secondary N) is 1. The van der Waals surface area contributed by atoms with Crippen molar-refractivity contribution >= 4 is 22.8 Å². The van der Waals surface area contributed by atoms with Crippen molar-refractivity contribution in [1.82, 2.24) is 15.0 Å². The molecule has 0 aliphatic heterocycles. The summed E-state index contributed by atoms with van der Waals surface area (Å²) in [6.45, 7) is 0. The third-order valence-electron chi connectivity index (χ3n) is 3.77. The van der Waals surface area contributed by atoms with Crippen LogP contribution in [0.15, 0.2) is 65.7 Å². The summed E-state index contributed by atoms with van der Waals surface area (Å²) < 4.78 is 26.7. The highest BCUT2D eigenvalue weighted by Crippen LogP contribution is 2.28. The van der Waals surface area contributed by atoms with Gasteiger partial charge in [0.15, 0.2) is 5.82 Å². The van der Waals surface area contributed by atoms with E-state index >= 15 is 0 Å². The predicted octanol–water partition coefficient (Wildman–Crippen LogP) is 5.20. The Balaban J connectivity index is 1.57. The van der Waals surface area contributed by atoms with Crippen molar-refractivity contribution < 1.29 is 8.78 Å². The molecule has 4 aromatic rings. The Hall–Kier alpha value is -2.73. The molecule has 0 aliphatic rings. The second-order valence-corrected chi connectivity index (χ2v) is 6.55. The molecule has 2 aromatic heterocycles. The van der Waals surface area contributed by atoms with Crippen LogP contribution in [0, 0.1) is 11.6 Å². The molecule has 0 radical (unpaired) electrons. The number of imidazole rings is 1. The molecule has 4 rings (SSSR count). The highest BCUT2D eigenvalue weighted by molar-refractivity contribution is 7.98.